The predicted octanol–water partition coefficient (Wildman–Crippen LogP) is 11.1. The largest absolute Gasteiger partial charge is 0.496 e. The van der Waals surface area contributed by atoms with E-state index < -0.39 is 96.3 Å². The van der Waals surface area contributed by atoms with Gasteiger partial charge >= 0.3 is 12.4 Å². The lowest BCUT2D eigenvalue weighted by molar-refractivity contribution is -0.138. The SMILES string of the molecule is C.C.COc1ccc(N)cc1C(=O)c1ncc(Cl)cc1NS(=O)(=O)c1ccc(Cl)c(C(F)(F)F)c1.COc1ccc(NS(C)(=O)=O)cc1C(=O)c1ncc(Cl)cc1NS(=O)(=O)c1ccc(Cl)c(C(F)(F)F)c1. The zero-order valence-electron chi connectivity index (χ0n) is 35.3. The van der Waals surface area contributed by atoms with Crippen LogP contribution in [-0.2, 0) is 42.4 Å². The van der Waals surface area contributed by atoms with Gasteiger partial charge in [-0.1, -0.05) is 61.3 Å². The predicted molar refractivity (Wildman–Crippen MR) is 262 cm³/mol. The number of halogens is 10. The number of hydrogen-bond donors (Lipinski definition) is 4. The second-order valence-corrected chi connectivity index (χ2v) is 20.8. The number of methoxy groups -OCH3 is 2. The monoisotopic (exact) mass is 1150 g/mol. The number of carbonyl (C=O) groups is 2. The first-order valence-corrected chi connectivity index (χ1v) is 25.0. The minimum absolute atomic E-state index is 0. The summed E-state index contributed by atoms with van der Waals surface area (Å²) in [5, 5.41) is -1.51. The van der Waals surface area contributed by atoms with E-state index in [-0.39, 0.29) is 70.3 Å². The molecule has 0 fully saturated rings. The molecule has 0 spiro atoms. The molecule has 0 amide bonds. The van der Waals surface area contributed by atoms with Gasteiger partial charge in [-0.3, -0.25) is 23.8 Å². The summed E-state index contributed by atoms with van der Waals surface area (Å²) in [6.45, 7) is 0. The van der Waals surface area contributed by atoms with Gasteiger partial charge in [0.25, 0.3) is 20.0 Å². The summed E-state index contributed by atoms with van der Waals surface area (Å²) in [5.41, 5.74) is 1.36. The zero-order chi connectivity index (χ0) is 52.3. The Kier molecular flexibility index (Phi) is 19.4. The van der Waals surface area contributed by atoms with E-state index in [4.69, 9.17) is 61.6 Å². The van der Waals surface area contributed by atoms with Crippen molar-refractivity contribution in [2.24, 2.45) is 0 Å². The fraction of sp³-hybridized carbons (Fsp3) is 0.163. The first-order chi connectivity index (χ1) is 32.3. The Morgan fingerprint density at radius 2 is 0.958 bits per heavy atom. The van der Waals surface area contributed by atoms with E-state index in [1.165, 1.54) is 44.6 Å². The topological polar surface area (TPSA) is 243 Å². The summed E-state index contributed by atoms with van der Waals surface area (Å²) < 4.78 is 171. The van der Waals surface area contributed by atoms with Crippen LogP contribution in [0.25, 0.3) is 0 Å². The van der Waals surface area contributed by atoms with E-state index >= 15 is 0 Å². The van der Waals surface area contributed by atoms with Gasteiger partial charge in [0.1, 0.15) is 22.9 Å². The van der Waals surface area contributed by atoms with Gasteiger partial charge in [-0.05, 0) is 84.9 Å². The fourth-order valence-electron chi connectivity index (χ4n) is 5.90. The third-order valence-corrected chi connectivity index (χ3v) is 13.4. The summed E-state index contributed by atoms with van der Waals surface area (Å²) >= 11 is 23.0. The van der Waals surface area contributed by atoms with Crippen molar-refractivity contribution >= 4 is 111 Å². The van der Waals surface area contributed by atoms with Crippen LogP contribution in [0.4, 0.5) is 49.1 Å². The molecular formula is C43H38Cl4F6N6O10S3. The molecule has 2 aromatic heterocycles. The summed E-state index contributed by atoms with van der Waals surface area (Å²) in [7, 11) is -10.4. The van der Waals surface area contributed by atoms with Crippen molar-refractivity contribution in [3.05, 3.63) is 151 Å². The summed E-state index contributed by atoms with van der Waals surface area (Å²) in [6, 6.07) is 14.2. The molecule has 72 heavy (non-hydrogen) atoms. The minimum Gasteiger partial charge on any atom is -0.496 e. The number of nitrogen functional groups attached to an aromatic ring is 1. The van der Waals surface area contributed by atoms with Crippen LogP contribution in [0.3, 0.4) is 0 Å². The second-order valence-electron chi connectivity index (χ2n) is 14.0. The molecule has 0 radical (unpaired) electrons. The Hall–Kier alpha value is -6.09. The maximum atomic E-state index is 13.4. The van der Waals surface area contributed by atoms with Crippen LogP contribution in [0.5, 0.6) is 11.5 Å². The van der Waals surface area contributed by atoms with Crippen LogP contribution in [0.1, 0.15) is 58.1 Å². The molecule has 5 N–H and O–H groups in total. The van der Waals surface area contributed by atoms with Crippen LogP contribution in [0.2, 0.25) is 20.1 Å². The van der Waals surface area contributed by atoms with E-state index in [9.17, 15) is 61.2 Å². The number of benzene rings is 4. The lowest BCUT2D eigenvalue weighted by atomic mass is 10.0. The Morgan fingerprint density at radius 3 is 1.33 bits per heavy atom. The first-order valence-electron chi connectivity index (χ1n) is 18.6. The number of alkyl halides is 6. The highest BCUT2D eigenvalue weighted by Crippen LogP contribution is 2.39. The Morgan fingerprint density at radius 1 is 0.569 bits per heavy atom. The van der Waals surface area contributed by atoms with E-state index in [1.807, 2.05) is 4.72 Å². The highest BCUT2D eigenvalue weighted by molar-refractivity contribution is 7.93. The van der Waals surface area contributed by atoms with Gasteiger partial charge < -0.3 is 15.2 Å². The van der Waals surface area contributed by atoms with Gasteiger partial charge in [0.15, 0.2) is 0 Å². The minimum atomic E-state index is -4.93. The van der Waals surface area contributed by atoms with Crippen LogP contribution in [-0.4, -0.2) is 67.3 Å². The molecule has 29 heteroatoms. The molecule has 16 nitrogen and oxygen atoms in total. The standard InChI is InChI=1S/C21H16Cl2F3N3O6S2.C20H14Cl2F3N3O4S.2CH4/c1-35-18-6-3-12(28-36(2,31)32)8-14(18)20(30)19-17(7-11(22)10-27-19)29-37(33,34)13-4-5-16(23)15(9-13)21(24,25)26;1-32-17-5-2-11(26)7-13(17)19(29)18-16(6-10(21)9-27-18)28-33(30,31)12-3-4-15(22)14(8-12)20(23,24)25;;/h3-10,28-29H,1-2H3;2-9,28H,26H2,1H3;2*1H4. The molecule has 0 aliphatic rings. The number of sulfonamides is 3. The number of pyridine rings is 2. The Balaban J connectivity index is 0.000000372. The summed E-state index contributed by atoms with van der Waals surface area (Å²) in [6.07, 6.45) is -6.77. The molecule has 0 bridgehead atoms. The molecule has 6 rings (SSSR count). The number of rotatable bonds is 14. The molecule has 0 unspecified atom stereocenters. The maximum Gasteiger partial charge on any atom is 0.417 e. The molecular weight excluding hydrogens is 1110 g/mol. The van der Waals surface area contributed by atoms with E-state index in [0.717, 1.165) is 61.1 Å². The third-order valence-electron chi connectivity index (χ3n) is 8.95. The summed E-state index contributed by atoms with van der Waals surface area (Å²) in [5.74, 6) is -1.52. The van der Waals surface area contributed by atoms with Crippen LogP contribution in [0, 0.1) is 0 Å². The van der Waals surface area contributed by atoms with Crippen molar-refractivity contribution in [3.63, 3.8) is 0 Å². The van der Waals surface area contributed by atoms with Crippen molar-refractivity contribution < 1.29 is 70.7 Å². The van der Waals surface area contributed by atoms with Gasteiger partial charge in [0.2, 0.25) is 21.6 Å². The average Bonchev–Trinajstić information content (AvgIpc) is 3.25. The summed E-state index contributed by atoms with van der Waals surface area (Å²) in [4.78, 5) is 32.7. The van der Waals surface area contributed by atoms with Gasteiger partial charge in [-0.25, -0.2) is 35.2 Å². The number of nitrogens with two attached hydrogens (primary N) is 1. The van der Waals surface area contributed by atoms with Crippen molar-refractivity contribution in [2.75, 3.05) is 40.4 Å². The number of nitrogens with one attached hydrogen (secondary N) is 3. The number of hydrogen-bond acceptors (Lipinski definition) is 13. The average molecular weight is 1150 g/mol. The van der Waals surface area contributed by atoms with Gasteiger partial charge in [0.05, 0.1) is 84.0 Å². The highest BCUT2D eigenvalue weighted by atomic mass is 35.5. The second kappa shape index (κ2) is 23.2. The number of aromatic nitrogens is 2. The van der Waals surface area contributed by atoms with Crippen LogP contribution < -0.4 is 29.4 Å². The van der Waals surface area contributed by atoms with Crippen molar-refractivity contribution in [2.45, 2.75) is 37.0 Å². The molecule has 0 saturated heterocycles. The molecule has 4 aromatic carbocycles. The Bertz CT molecular complexity index is 3390. The van der Waals surface area contributed by atoms with Gasteiger partial charge in [0, 0.05) is 23.8 Å². The molecule has 388 valence electrons. The number of nitrogens with zero attached hydrogens (tertiary/aromatic N) is 2. The highest BCUT2D eigenvalue weighted by Gasteiger charge is 2.36. The van der Waals surface area contributed by atoms with E-state index in [0.29, 0.717) is 12.1 Å². The van der Waals surface area contributed by atoms with Crippen molar-refractivity contribution in [1.82, 2.24) is 9.97 Å². The van der Waals surface area contributed by atoms with E-state index in [1.54, 1.807) is 0 Å². The maximum absolute atomic E-state index is 13.4. The van der Waals surface area contributed by atoms with E-state index in [2.05, 4.69) is 19.4 Å². The smallest absolute Gasteiger partial charge is 0.417 e. The molecule has 0 saturated carbocycles. The molecule has 0 aliphatic heterocycles. The lowest BCUT2D eigenvalue weighted by Gasteiger charge is -2.15. The van der Waals surface area contributed by atoms with Gasteiger partial charge in [-0.2, -0.15) is 26.3 Å². The molecule has 0 atom stereocenters. The normalized spacial score (nSPS) is 11.7. The van der Waals surface area contributed by atoms with Crippen LogP contribution in [0.15, 0.2) is 107 Å². The quantitative estimate of drug-likeness (QED) is 0.0451. The fourth-order valence-corrected chi connectivity index (χ4v) is 9.39. The molecule has 2 heterocycles. The number of ketones is 2. The van der Waals surface area contributed by atoms with Crippen molar-refractivity contribution in [3.8, 4) is 11.5 Å². The van der Waals surface area contributed by atoms with Crippen molar-refractivity contribution in [1.29, 1.82) is 0 Å². The third kappa shape index (κ3) is 14.8. The first kappa shape index (κ1) is 60.2. The number of carbonyl (C=O) groups excluding carboxylic acids is 2. The Labute approximate surface area is 428 Å². The van der Waals surface area contributed by atoms with Crippen LogP contribution >= 0.6 is 46.4 Å². The number of anilines is 4. The van der Waals surface area contributed by atoms with Gasteiger partial charge in [-0.15, -0.1) is 0 Å². The molecule has 6 aromatic rings. The molecule has 0 aliphatic carbocycles. The lowest BCUT2D eigenvalue weighted by Crippen LogP contribution is -2.18. The number of ether oxygens (including phenoxy) is 2. The zero-order valence-corrected chi connectivity index (χ0v) is 40.8.